The molecule has 2 heterocycles. The van der Waals surface area contributed by atoms with E-state index in [9.17, 15) is 4.79 Å². The van der Waals surface area contributed by atoms with Crippen LogP contribution in [0.25, 0.3) is 0 Å². The van der Waals surface area contributed by atoms with E-state index in [1.54, 1.807) is 6.92 Å². The first-order valence-corrected chi connectivity index (χ1v) is 6.48. The van der Waals surface area contributed by atoms with E-state index in [1.165, 1.54) is 0 Å². The summed E-state index contributed by atoms with van der Waals surface area (Å²) in [5.41, 5.74) is 0. The molecule has 5 nitrogen and oxygen atoms in total. The van der Waals surface area contributed by atoms with Gasteiger partial charge in [-0.05, 0) is 33.4 Å². The van der Waals surface area contributed by atoms with Crippen LogP contribution < -0.4 is 0 Å². The molecule has 0 aromatic carbocycles. The number of carbonyl (C=O) groups is 1. The number of hydrogen-bond acceptors (Lipinski definition) is 4. The summed E-state index contributed by atoms with van der Waals surface area (Å²) < 4.78 is 10.8. The molecule has 2 aliphatic rings. The third kappa shape index (κ3) is 2.96. The van der Waals surface area contributed by atoms with E-state index in [-0.39, 0.29) is 5.91 Å². The van der Waals surface area contributed by atoms with Gasteiger partial charge in [0.15, 0.2) is 0 Å². The maximum Gasteiger partial charge on any atom is 0.292 e. The van der Waals surface area contributed by atoms with E-state index in [1.807, 2.05) is 4.90 Å². The van der Waals surface area contributed by atoms with Gasteiger partial charge in [-0.3, -0.25) is 4.79 Å². The zero-order chi connectivity index (χ0) is 13.1. The van der Waals surface area contributed by atoms with Crippen molar-refractivity contribution in [3.8, 4) is 0 Å². The van der Waals surface area contributed by atoms with Crippen molar-refractivity contribution in [1.82, 2.24) is 9.80 Å². The number of allylic oxidation sites excluding steroid dienone is 1. The van der Waals surface area contributed by atoms with Gasteiger partial charge >= 0.3 is 0 Å². The van der Waals surface area contributed by atoms with Gasteiger partial charge in [0.25, 0.3) is 5.91 Å². The minimum Gasteiger partial charge on any atom is -0.491 e. The molecule has 0 radical (unpaired) electrons. The van der Waals surface area contributed by atoms with Gasteiger partial charge in [0.1, 0.15) is 19.0 Å². The van der Waals surface area contributed by atoms with E-state index in [2.05, 4.69) is 19.0 Å². The maximum absolute atomic E-state index is 12.3. The van der Waals surface area contributed by atoms with Gasteiger partial charge in [-0.1, -0.05) is 0 Å². The van der Waals surface area contributed by atoms with E-state index in [0.29, 0.717) is 30.6 Å². The molecule has 5 heteroatoms. The molecule has 0 aromatic rings. The van der Waals surface area contributed by atoms with Gasteiger partial charge in [0, 0.05) is 19.6 Å². The van der Waals surface area contributed by atoms with Gasteiger partial charge < -0.3 is 19.3 Å². The molecule has 1 amide bonds. The topological polar surface area (TPSA) is 42.0 Å². The summed E-state index contributed by atoms with van der Waals surface area (Å²) >= 11 is 0. The van der Waals surface area contributed by atoms with Crippen LogP contribution in [0, 0.1) is 5.92 Å². The predicted molar refractivity (Wildman–Crippen MR) is 67.8 cm³/mol. The van der Waals surface area contributed by atoms with E-state index in [0.717, 1.165) is 26.1 Å². The van der Waals surface area contributed by atoms with Crippen LogP contribution in [0.5, 0.6) is 0 Å². The molecular weight excluding hydrogens is 232 g/mol. The standard InChI is InChI=1S/C13H22N2O3/c1-10-12(18-7-6-17-10)13(16)15-5-4-11(9-15)8-14(2)3/h11H,4-9H2,1-3H3. The Bertz CT molecular complexity index is 352. The minimum atomic E-state index is -0.0199. The van der Waals surface area contributed by atoms with Crippen LogP contribution in [-0.2, 0) is 14.3 Å². The fourth-order valence-electron chi connectivity index (χ4n) is 2.54. The Balaban J connectivity index is 1.95. The lowest BCUT2D eigenvalue weighted by molar-refractivity contribution is -0.131. The maximum atomic E-state index is 12.3. The Labute approximate surface area is 108 Å². The highest BCUT2D eigenvalue weighted by molar-refractivity contribution is 5.92. The number of hydrogen-bond donors (Lipinski definition) is 0. The summed E-state index contributed by atoms with van der Waals surface area (Å²) in [7, 11) is 4.13. The summed E-state index contributed by atoms with van der Waals surface area (Å²) in [5.74, 6) is 1.55. The molecule has 0 aromatic heterocycles. The van der Waals surface area contributed by atoms with Crippen molar-refractivity contribution < 1.29 is 14.3 Å². The molecule has 1 fully saturated rings. The summed E-state index contributed by atoms with van der Waals surface area (Å²) in [5, 5.41) is 0. The molecule has 1 unspecified atom stereocenters. The van der Waals surface area contributed by atoms with Crippen LogP contribution in [-0.4, -0.2) is 62.7 Å². The number of ether oxygens (including phenoxy) is 2. The van der Waals surface area contributed by atoms with E-state index < -0.39 is 0 Å². The molecule has 0 bridgehead atoms. The SMILES string of the molecule is CC1=C(C(=O)N2CCC(CN(C)C)C2)OCCO1. The number of likely N-dealkylation sites (tertiary alicyclic amines) is 1. The molecule has 102 valence electrons. The van der Waals surface area contributed by atoms with Crippen molar-refractivity contribution >= 4 is 5.91 Å². The van der Waals surface area contributed by atoms with Gasteiger partial charge in [-0.25, -0.2) is 0 Å². The number of carbonyl (C=O) groups excluding carboxylic acids is 1. The van der Waals surface area contributed by atoms with Gasteiger partial charge in [0.05, 0.1) is 0 Å². The van der Waals surface area contributed by atoms with Crippen molar-refractivity contribution in [2.45, 2.75) is 13.3 Å². The molecule has 2 aliphatic heterocycles. The Morgan fingerprint density at radius 3 is 2.78 bits per heavy atom. The second kappa shape index (κ2) is 5.61. The molecule has 0 saturated carbocycles. The zero-order valence-electron chi connectivity index (χ0n) is 11.4. The van der Waals surface area contributed by atoms with Gasteiger partial charge in [0.2, 0.25) is 5.76 Å². The lowest BCUT2D eigenvalue weighted by Gasteiger charge is -2.23. The molecule has 0 spiro atoms. The molecule has 18 heavy (non-hydrogen) atoms. The lowest BCUT2D eigenvalue weighted by atomic mass is 10.1. The van der Waals surface area contributed by atoms with Crippen molar-refractivity contribution in [3.05, 3.63) is 11.5 Å². The lowest BCUT2D eigenvalue weighted by Crippen LogP contribution is -2.34. The first-order valence-electron chi connectivity index (χ1n) is 6.48. The summed E-state index contributed by atoms with van der Waals surface area (Å²) in [6.45, 7) is 5.45. The van der Waals surface area contributed by atoms with Crippen LogP contribution >= 0.6 is 0 Å². The van der Waals surface area contributed by atoms with Crippen molar-refractivity contribution in [2.75, 3.05) is 46.9 Å². The molecule has 0 aliphatic carbocycles. The van der Waals surface area contributed by atoms with Crippen LogP contribution in [0.1, 0.15) is 13.3 Å². The zero-order valence-corrected chi connectivity index (χ0v) is 11.4. The monoisotopic (exact) mass is 254 g/mol. The fraction of sp³-hybridized carbons (Fsp3) is 0.769. The highest BCUT2D eigenvalue weighted by Gasteiger charge is 2.31. The van der Waals surface area contributed by atoms with E-state index >= 15 is 0 Å². The Hall–Kier alpha value is -1.23. The predicted octanol–water partition coefficient (Wildman–Crippen LogP) is 0.675. The average Bonchev–Trinajstić information content (AvgIpc) is 2.76. The molecular formula is C13H22N2O3. The van der Waals surface area contributed by atoms with E-state index in [4.69, 9.17) is 9.47 Å². The number of nitrogens with zero attached hydrogens (tertiary/aromatic N) is 2. The Morgan fingerprint density at radius 2 is 2.11 bits per heavy atom. The Morgan fingerprint density at radius 1 is 1.39 bits per heavy atom. The van der Waals surface area contributed by atoms with Gasteiger partial charge in [-0.15, -0.1) is 0 Å². The second-order valence-electron chi connectivity index (χ2n) is 5.25. The quantitative estimate of drug-likeness (QED) is 0.742. The van der Waals surface area contributed by atoms with Crippen LogP contribution in [0.15, 0.2) is 11.5 Å². The van der Waals surface area contributed by atoms with Gasteiger partial charge in [-0.2, -0.15) is 0 Å². The first kappa shape index (κ1) is 13.2. The normalized spacial score (nSPS) is 24.2. The largest absolute Gasteiger partial charge is 0.491 e. The van der Waals surface area contributed by atoms with Crippen molar-refractivity contribution in [3.63, 3.8) is 0 Å². The van der Waals surface area contributed by atoms with Crippen LogP contribution in [0.4, 0.5) is 0 Å². The fourth-order valence-corrected chi connectivity index (χ4v) is 2.54. The minimum absolute atomic E-state index is 0.0199. The average molecular weight is 254 g/mol. The molecule has 2 rings (SSSR count). The number of amides is 1. The highest BCUT2D eigenvalue weighted by Crippen LogP contribution is 2.22. The molecule has 1 saturated heterocycles. The second-order valence-corrected chi connectivity index (χ2v) is 5.25. The van der Waals surface area contributed by atoms with Crippen molar-refractivity contribution in [2.24, 2.45) is 5.92 Å². The number of rotatable bonds is 3. The Kier molecular flexibility index (Phi) is 4.11. The summed E-state index contributed by atoms with van der Waals surface area (Å²) in [6.07, 6.45) is 1.07. The molecule has 1 atom stereocenters. The van der Waals surface area contributed by atoms with Crippen LogP contribution in [0.2, 0.25) is 0 Å². The third-order valence-corrected chi connectivity index (χ3v) is 3.36. The summed E-state index contributed by atoms with van der Waals surface area (Å²) in [4.78, 5) is 16.3. The summed E-state index contributed by atoms with van der Waals surface area (Å²) in [6, 6.07) is 0. The highest BCUT2D eigenvalue weighted by atomic mass is 16.6. The van der Waals surface area contributed by atoms with Crippen LogP contribution in [0.3, 0.4) is 0 Å². The first-order chi connectivity index (χ1) is 8.58. The van der Waals surface area contributed by atoms with Crippen molar-refractivity contribution in [1.29, 1.82) is 0 Å². The smallest absolute Gasteiger partial charge is 0.292 e. The molecule has 0 N–H and O–H groups in total. The third-order valence-electron chi connectivity index (χ3n) is 3.36.